The number of aromatic nitrogens is 1. The molecule has 1 aliphatic rings. The second-order valence-corrected chi connectivity index (χ2v) is 3.74. The van der Waals surface area contributed by atoms with Gasteiger partial charge < -0.3 is 5.32 Å². The molecule has 0 spiro atoms. The van der Waals surface area contributed by atoms with Gasteiger partial charge in [-0.15, -0.1) is 0 Å². The lowest BCUT2D eigenvalue weighted by molar-refractivity contribution is -0.116. The van der Waals surface area contributed by atoms with E-state index in [4.69, 9.17) is 0 Å². The Morgan fingerprint density at radius 3 is 3.07 bits per heavy atom. The van der Waals surface area contributed by atoms with Crippen molar-refractivity contribution in [2.24, 2.45) is 0 Å². The highest BCUT2D eigenvalue weighted by molar-refractivity contribution is 6.04. The third-order valence-corrected chi connectivity index (χ3v) is 2.79. The zero-order valence-electron chi connectivity index (χ0n) is 8.16. The van der Waals surface area contributed by atoms with Crippen molar-refractivity contribution in [2.45, 2.75) is 12.8 Å². The van der Waals surface area contributed by atoms with Crippen LogP contribution in [0.5, 0.6) is 0 Å². The number of carbonyl (C=O) groups excluding carboxylic acids is 1. The number of benzene rings is 1. The van der Waals surface area contributed by atoms with E-state index in [1.165, 1.54) is 5.56 Å². The van der Waals surface area contributed by atoms with Crippen molar-refractivity contribution in [2.75, 3.05) is 5.32 Å². The molecule has 1 N–H and O–H groups in total. The van der Waals surface area contributed by atoms with Crippen LogP contribution in [-0.2, 0) is 11.2 Å². The van der Waals surface area contributed by atoms with Gasteiger partial charge in [0.05, 0.1) is 5.69 Å². The van der Waals surface area contributed by atoms with Crippen LogP contribution < -0.4 is 5.32 Å². The van der Waals surface area contributed by atoms with Gasteiger partial charge >= 0.3 is 0 Å². The van der Waals surface area contributed by atoms with E-state index in [0.717, 1.165) is 22.9 Å². The highest BCUT2D eigenvalue weighted by atomic mass is 16.1. The minimum absolute atomic E-state index is 0.104. The number of hydrogen-bond acceptors (Lipinski definition) is 2. The first-order valence-corrected chi connectivity index (χ1v) is 5.00. The molecule has 0 unspecified atom stereocenters. The van der Waals surface area contributed by atoms with Crippen molar-refractivity contribution in [3.05, 3.63) is 36.2 Å². The summed E-state index contributed by atoms with van der Waals surface area (Å²) in [6.45, 7) is 0. The first-order chi connectivity index (χ1) is 7.34. The van der Waals surface area contributed by atoms with Gasteiger partial charge in [0.1, 0.15) is 0 Å². The molecule has 2 heterocycles. The van der Waals surface area contributed by atoms with Gasteiger partial charge in [0.25, 0.3) is 0 Å². The topological polar surface area (TPSA) is 42.0 Å². The molecule has 0 bridgehead atoms. The van der Waals surface area contributed by atoms with Crippen molar-refractivity contribution < 1.29 is 4.79 Å². The van der Waals surface area contributed by atoms with Crippen molar-refractivity contribution in [1.82, 2.24) is 4.98 Å². The molecule has 15 heavy (non-hydrogen) atoms. The molecule has 3 heteroatoms. The number of nitrogens with zero attached hydrogens (tertiary/aromatic N) is 1. The third-order valence-electron chi connectivity index (χ3n) is 2.79. The fourth-order valence-electron chi connectivity index (χ4n) is 2.02. The molecule has 1 aromatic heterocycles. The predicted octanol–water partition coefficient (Wildman–Crippen LogP) is 2.12. The predicted molar refractivity (Wildman–Crippen MR) is 58.7 cm³/mol. The molecule has 3 nitrogen and oxygen atoms in total. The molecule has 2 aromatic rings. The highest BCUT2D eigenvalue weighted by Crippen LogP contribution is 2.30. The van der Waals surface area contributed by atoms with E-state index in [1.807, 2.05) is 12.3 Å². The lowest BCUT2D eigenvalue weighted by atomic mass is 9.99. The van der Waals surface area contributed by atoms with Crippen LogP contribution in [0.15, 0.2) is 30.6 Å². The van der Waals surface area contributed by atoms with E-state index in [2.05, 4.69) is 22.4 Å². The number of pyridine rings is 1. The standard InChI is InChI=1S/C12H10N2O/c15-11-4-3-8-1-2-9-7-13-6-5-10(9)12(8)14-11/h1-2,5-7H,3-4H2,(H,14,15). The van der Waals surface area contributed by atoms with Crippen molar-refractivity contribution in [3.63, 3.8) is 0 Å². The van der Waals surface area contributed by atoms with Gasteiger partial charge in [0.15, 0.2) is 0 Å². The van der Waals surface area contributed by atoms with E-state index >= 15 is 0 Å². The molecule has 3 rings (SSSR count). The summed E-state index contributed by atoms with van der Waals surface area (Å²) in [4.78, 5) is 15.4. The summed E-state index contributed by atoms with van der Waals surface area (Å²) in [5, 5.41) is 5.08. The Morgan fingerprint density at radius 1 is 1.20 bits per heavy atom. The number of amides is 1. The molecule has 74 valence electrons. The van der Waals surface area contributed by atoms with Gasteiger partial charge in [0, 0.05) is 29.6 Å². The first kappa shape index (κ1) is 8.41. The van der Waals surface area contributed by atoms with E-state index < -0.39 is 0 Å². The SMILES string of the molecule is O=C1CCc2ccc3cnccc3c2N1. The summed E-state index contributed by atoms with van der Waals surface area (Å²) in [7, 11) is 0. The smallest absolute Gasteiger partial charge is 0.224 e. The number of anilines is 1. The Kier molecular flexibility index (Phi) is 1.71. The first-order valence-electron chi connectivity index (χ1n) is 5.00. The van der Waals surface area contributed by atoms with Gasteiger partial charge in [-0.2, -0.15) is 0 Å². The number of hydrogen-bond donors (Lipinski definition) is 1. The van der Waals surface area contributed by atoms with Crippen LogP contribution in [0, 0.1) is 0 Å². The van der Waals surface area contributed by atoms with Gasteiger partial charge in [-0.3, -0.25) is 9.78 Å². The zero-order chi connectivity index (χ0) is 10.3. The summed E-state index contributed by atoms with van der Waals surface area (Å²) in [5.74, 6) is 0.104. The van der Waals surface area contributed by atoms with Gasteiger partial charge in [-0.25, -0.2) is 0 Å². The fourth-order valence-corrected chi connectivity index (χ4v) is 2.02. The Hall–Kier alpha value is -1.90. The molecule has 1 amide bonds. The number of aryl methyl sites for hydroxylation is 1. The molecule has 0 saturated heterocycles. The Balaban J connectivity index is 2.32. The quantitative estimate of drug-likeness (QED) is 0.704. The molecular formula is C12H10N2O. The minimum atomic E-state index is 0.104. The summed E-state index contributed by atoms with van der Waals surface area (Å²) >= 11 is 0. The molecule has 0 atom stereocenters. The summed E-state index contributed by atoms with van der Waals surface area (Å²) in [6, 6.07) is 6.07. The van der Waals surface area contributed by atoms with E-state index in [0.29, 0.717) is 6.42 Å². The van der Waals surface area contributed by atoms with Crippen LogP contribution in [0.4, 0.5) is 5.69 Å². The summed E-state index contributed by atoms with van der Waals surface area (Å²) in [5.41, 5.74) is 2.18. The van der Waals surface area contributed by atoms with Crippen LogP contribution in [0.2, 0.25) is 0 Å². The number of fused-ring (bicyclic) bond motifs is 3. The van der Waals surface area contributed by atoms with Crippen molar-refractivity contribution in [3.8, 4) is 0 Å². The van der Waals surface area contributed by atoms with E-state index in [1.54, 1.807) is 6.20 Å². The maximum absolute atomic E-state index is 11.3. The van der Waals surface area contributed by atoms with Gasteiger partial charge in [-0.05, 0) is 18.1 Å². The second-order valence-electron chi connectivity index (χ2n) is 3.74. The largest absolute Gasteiger partial charge is 0.325 e. The number of carbonyl (C=O) groups is 1. The second kappa shape index (κ2) is 3.05. The fraction of sp³-hybridized carbons (Fsp3) is 0.167. The molecule has 1 aromatic carbocycles. The van der Waals surface area contributed by atoms with E-state index in [9.17, 15) is 4.79 Å². The maximum Gasteiger partial charge on any atom is 0.224 e. The zero-order valence-corrected chi connectivity index (χ0v) is 8.16. The minimum Gasteiger partial charge on any atom is -0.325 e. The van der Waals surface area contributed by atoms with Crippen LogP contribution in [0.25, 0.3) is 10.8 Å². The van der Waals surface area contributed by atoms with Crippen molar-refractivity contribution in [1.29, 1.82) is 0 Å². The monoisotopic (exact) mass is 198 g/mol. The molecule has 0 saturated carbocycles. The summed E-state index contributed by atoms with van der Waals surface area (Å²) in [6.07, 6.45) is 4.99. The molecule has 0 fully saturated rings. The molecular weight excluding hydrogens is 188 g/mol. The van der Waals surface area contributed by atoms with Crippen LogP contribution in [-0.4, -0.2) is 10.9 Å². The third kappa shape index (κ3) is 1.28. The van der Waals surface area contributed by atoms with Gasteiger partial charge in [0.2, 0.25) is 5.91 Å². The Morgan fingerprint density at radius 2 is 2.13 bits per heavy atom. The van der Waals surface area contributed by atoms with Gasteiger partial charge in [-0.1, -0.05) is 12.1 Å². The van der Waals surface area contributed by atoms with Crippen LogP contribution >= 0.6 is 0 Å². The summed E-state index contributed by atoms with van der Waals surface area (Å²) < 4.78 is 0. The lowest BCUT2D eigenvalue weighted by Gasteiger charge is -2.18. The number of rotatable bonds is 0. The lowest BCUT2D eigenvalue weighted by Crippen LogP contribution is -2.19. The number of nitrogens with one attached hydrogen (secondary N) is 1. The maximum atomic E-state index is 11.3. The van der Waals surface area contributed by atoms with E-state index in [-0.39, 0.29) is 5.91 Å². The molecule has 1 aliphatic heterocycles. The highest BCUT2D eigenvalue weighted by Gasteiger charge is 2.16. The Labute approximate surface area is 87.1 Å². The van der Waals surface area contributed by atoms with Crippen LogP contribution in [0.1, 0.15) is 12.0 Å². The van der Waals surface area contributed by atoms with Crippen molar-refractivity contribution >= 4 is 22.4 Å². The van der Waals surface area contributed by atoms with Crippen LogP contribution in [0.3, 0.4) is 0 Å². The molecule has 0 radical (unpaired) electrons. The molecule has 0 aliphatic carbocycles. The average Bonchev–Trinajstić information content (AvgIpc) is 2.29. The Bertz CT molecular complexity index is 548. The average molecular weight is 198 g/mol. The normalized spacial score (nSPS) is 14.8.